The maximum Gasteiger partial charge on any atom is 0.281 e. The van der Waals surface area contributed by atoms with Crippen LogP contribution in [0.25, 0.3) is 0 Å². The van der Waals surface area contributed by atoms with Crippen molar-refractivity contribution in [3.8, 4) is 0 Å². The summed E-state index contributed by atoms with van der Waals surface area (Å²) in [6, 6.07) is 0. The summed E-state index contributed by atoms with van der Waals surface area (Å²) in [5, 5.41) is 0. The van der Waals surface area contributed by atoms with Gasteiger partial charge in [-0.25, -0.2) is 0 Å². The maximum atomic E-state index is 12.3. The van der Waals surface area contributed by atoms with E-state index in [2.05, 4.69) is 9.80 Å². The van der Waals surface area contributed by atoms with E-state index in [-0.39, 0.29) is 0 Å². The molecule has 1 rings (SSSR count). The topological polar surface area (TPSA) is 47.1 Å². The minimum absolute atomic E-state index is 0.479. The molecule has 0 spiro atoms. The fourth-order valence-electron chi connectivity index (χ4n) is 2.12. The number of likely N-dealkylation sites (N-methyl/N-ethyl adjacent to an activating group) is 1. The van der Waals surface area contributed by atoms with Crippen molar-refractivity contribution >= 4 is 21.8 Å². The highest BCUT2D eigenvalue weighted by Crippen LogP contribution is 2.11. The van der Waals surface area contributed by atoms with Crippen molar-refractivity contribution in [1.82, 2.24) is 18.4 Å². The van der Waals surface area contributed by atoms with E-state index in [4.69, 9.17) is 11.6 Å². The van der Waals surface area contributed by atoms with Gasteiger partial charge >= 0.3 is 0 Å². The average Bonchev–Trinajstić information content (AvgIpc) is 2.42. The van der Waals surface area contributed by atoms with Gasteiger partial charge in [0, 0.05) is 58.7 Å². The molecule has 0 aromatic rings. The zero-order valence-corrected chi connectivity index (χ0v) is 14.3. The van der Waals surface area contributed by atoms with Crippen LogP contribution in [0.4, 0.5) is 0 Å². The predicted molar refractivity (Wildman–Crippen MR) is 83.5 cm³/mol. The number of alkyl halides is 1. The Morgan fingerprint density at radius 1 is 1.05 bits per heavy atom. The largest absolute Gasteiger partial charge is 0.308 e. The first-order valence-corrected chi connectivity index (χ1v) is 8.95. The molecule has 1 saturated heterocycles. The molecule has 0 amide bonds. The molecule has 0 aromatic heterocycles. The van der Waals surface area contributed by atoms with E-state index in [1.54, 1.807) is 11.4 Å². The summed E-state index contributed by atoms with van der Waals surface area (Å²) < 4.78 is 27.7. The molecule has 1 fully saturated rings. The molecule has 8 heteroatoms. The van der Waals surface area contributed by atoms with Crippen molar-refractivity contribution in [3.63, 3.8) is 0 Å². The number of hydrogen-bond acceptors (Lipinski definition) is 4. The van der Waals surface area contributed by atoms with Gasteiger partial charge in [0.25, 0.3) is 10.2 Å². The lowest BCUT2D eigenvalue weighted by Crippen LogP contribution is -2.53. The zero-order valence-electron chi connectivity index (χ0n) is 12.8. The van der Waals surface area contributed by atoms with Crippen LogP contribution in [0.5, 0.6) is 0 Å². The molecule has 1 heterocycles. The fraction of sp³-hybridized carbons (Fsp3) is 1.00. The predicted octanol–water partition coefficient (Wildman–Crippen LogP) is -0.0289. The Morgan fingerprint density at radius 2 is 1.65 bits per heavy atom. The van der Waals surface area contributed by atoms with E-state index in [1.165, 1.54) is 4.31 Å². The van der Waals surface area contributed by atoms with Crippen LogP contribution in [0.1, 0.15) is 6.42 Å². The second kappa shape index (κ2) is 8.51. The van der Waals surface area contributed by atoms with Crippen LogP contribution >= 0.6 is 11.6 Å². The minimum atomic E-state index is -3.32. The Hall–Kier alpha value is 0.0800. The van der Waals surface area contributed by atoms with Crippen LogP contribution in [0.15, 0.2) is 0 Å². The quantitative estimate of drug-likeness (QED) is 0.588. The van der Waals surface area contributed by atoms with Crippen molar-refractivity contribution in [2.45, 2.75) is 6.42 Å². The molecule has 0 aliphatic carbocycles. The molecular weight excluding hydrogens is 300 g/mol. The van der Waals surface area contributed by atoms with Crippen LogP contribution in [0, 0.1) is 0 Å². The lowest BCUT2D eigenvalue weighted by atomic mass is 10.3. The molecule has 0 saturated carbocycles. The van der Waals surface area contributed by atoms with Crippen molar-refractivity contribution < 1.29 is 8.42 Å². The molecule has 6 nitrogen and oxygen atoms in total. The summed E-state index contributed by atoms with van der Waals surface area (Å²) in [5.41, 5.74) is 0. The van der Waals surface area contributed by atoms with E-state index in [0.717, 1.165) is 26.2 Å². The van der Waals surface area contributed by atoms with Gasteiger partial charge in [0.15, 0.2) is 0 Å². The molecule has 0 radical (unpaired) electrons. The van der Waals surface area contributed by atoms with Gasteiger partial charge in [-0.2, -0.15) is 17.0 Å². The third-order valence-corrected chi connectivity index (χ3v) is 5.78. The van der Waals surface area contributed by atoms with Crippen LogP contribution in [-0.2, 0) is 10.2 Å². The molecule has 1 aliphatic heterocycles. The Balaban J connectivity index is 2.43. The van der Waals surface area contributed by atoms with Gasteiger partial charge in [-0.3, -0.25) is 4.90 Å². The molecule has 1 aliphatic rings. The summed E-state index contributed by atoms with van der Waals surface area (Å²) in [6.07, 6.45) is 0.681. The van der Waals surface area contributed by atoms with Crippen molar-refractivity contribution in [1.29, 1.82) is 0 Å². The summed E-state index contributed by atoms with van der Waals surface area (Å²) in [7, 11) is 2.40. The van der Waals surface area contributed by atoms with Gasteiger partial charge in [0.2, 0.25) is 0 Å². The molecule has 0 bridgehead atoms. The highest BCUT2D eigenvalue weighted by molar-refractivity contribution is 7.86. The zero-order chi connectivity index (χ0) is 15.2. The lowest BCUT2D eigenvalue weighted by Gasteiger charge is -2.36. The number of halogens is 1. The first kappa shape index (κ1) is 18.1. The van der Waals surface area contributed by atoms with E-state index in [9.17, 15) is 8.42 Å². The molecule has 0 atom stereocenters. The second-order valence-corrected chi connectivity index (χ2v) is 7.83. The highest BCUT2D eigenvalue weighted by atomic mass is 35.5. The van der Waals surface area contributed by atoms with Crippen LogP contribution < -0.4 is 0 Å². The summed E-state index contributed by atoms with van der Waals surface area (Å²) >= 11 is 5.62. The van der Waals surface area contributed by atoms with Gasteiger partial charge in [-0.1, -0.05) is 0 Å². The summed E-state index contributed by atoms with van der Waals surface area (Å²) in [6.45, 7) is 5.22. The van der Waals surface area contributed by atoms with E-state index >= 15 is 0 Å². The summed E-state index contributed by atoms with van der Waals surface area (Å²) in [5.74, 6) is 0.484. The Morgan fingerprint density at radius 3 is 2.15 bits per heavy atom. The lowest BCUT2D eigenvalue weighted by molar-refractivity contribution is 0.170. The average molecular weight is 327 g/mol. The molecular formula is C12H27ClN4O2S. The SMILES string of the molecule is CN(C)CCN1CCN(S(=O)(=O)N(C)CCCCl)CC1. The van der Waals surface area contributed by atoms with E-state index in [1.807, 2.05) is 14.1 Å². The number of rotatable bonds is 8. The fourth-order valence-corrected chi connectivity index (χ4v) is 3.62. The van der Waals surface area contributed by atoms with Crippen molar-refractivity contribution in [3.05, 3.63) is 0 Å². The number of piperazine rings is 1. The smallest absolute Gasteiger partial charge is 0.281 e. The molecule has 0 aromatic carbocycles. The Kier molecular flexibility index (Phi) is 7.71. The van der Waals surface area contributed by atoms with Crippen LogP contribution in [0.2, 0.25) is 0 Å². The maximum absolute atomic E-state index is 12.3. The highest BCUT2D eigenvalue weighted by Gasteiger charge is 2.29. The summed E-state index contributed by atoms with van der Waals surface area (Å²) in [4.78, 5) is 4.45. The number of nitrogens with zero attached hydrogens (tertiary/aromatic N) is 4. The normalized spacial score (nSPS) is 19.1. The monoisotopic (exact) mass is 326 g/mol. The first-order chi connectivity index (χ1) is 9.37. The molecule has 120 valence electrons. The third kappa shape index (κ3) is 5.46. The van der Waals surface area contributed by atoms with Gasteiger partial charge in [-0.05, 0) is 20.5 Å². The Labute approximate surface area is 128 Å². The Bertz CT molecular complexity index is 370. The van der Waals surface area contributed by atoms with Gasteiger partial charge in [0.1, 0.15) is 0 Å². The van der Waals surface area contributed by atoms with E-state index in [0.29, 0.717) is 31.9 Å². The minimum Gasteiger partial charge on any atom is -0.308 e. The second-order valence-electron chi connectivity index (χ2n) is 5.42. The third-order valence-electron chi connectivity index (χ3n) is 3.52. The van der Waals surface area contributed by atoms with Crippen molar-refractivity contribution in [2.24, 2.45) is 0 Å². The number of hydrogen-bond donors (Lipinski definition) is 0. The first-order valence-electron chi connectivity index (χ1n) is 7.02. The van der Waals surface area contributed by atoms with Crippen LogP contribution in [-0.4, -0.2) is 99.7 Å². The van der Waals surface area contributed by atoms with Crippen molar-refractivity contribution in [2.75, 3.05) is 72.8 Å². The standard InChI is InChI=1S/C12H27ClN4O2S/c1-14(2)7-8-16-9-11-17(12-10-16)20(18,19)15(3)6-4-5-13/h4-12H2,1-3H3. The van der Waals surface area contributed by atoms with E-state index < -0.39 is 10.2 Å². The molecule has 0 unspecified atom stereocenters. The molecule has 0 N–H and O–H groups in total. The van der Waals surface area contributed by atoms with Crippen LogP contribution in [0.3, 0.4) is 0 Å². The molecule has 20 heavy (non-hydrogen) atoms. The van der Waals surface area contributed by atoms with Gasteiger partial charge in [0.05, 0.1) is 0 Å². The van der Waals surface area contributed by atoms with Gasteiger partial charge in [-0.15, -0.1) is 11.6 Å². The van der Waals surface area contributed by atoms with Gasteiger partial charge < -0.3 is 4.90 Å².